The molecule has 8 nitrogen and oxygen atoms in total. The molecular weight excluding hydrogens is 583 g/mol. The van der Waals surface area contributed by atoms with Crippen molar-refractivity contribution in [3.05, 3.63) is 47.7 Å². The van der Waals surface area contributed by atoms with Gasteiger partial charge in [-0.05, 0) is 66.8 Å². The number of ether oxygens (including phenoxy) is 2. The van der Waals surface area contributed by atoms with Crippen LogP contribution in [0.4, 0.5) is 19.0 Å². The van der Waals surface area contributed by atoms with E-state index in [2.05, 4.69) is 19.8 Å². The smallest absolute Gasteiger partial charge is 0.319 e. The standard InChI is InChI=1S/C34H36F3N5O3/c1-2-24-27(36)5-4-21-9-23(43)10-25(28(21)24)30-29(37)31-26(12-38-30)32(41-13-19-8-20(14-41)17-44-16-19)40-33(39-31)45-18-34-6-3-7-42(34)15-22(35)11-34/h4-5,9-10,12,19-20,22,43H,2-3,6-8,11,13-18H2,1H3/t19?,20?,22-,34+/m1/s1. The monoisotopic (exact) mass is 619 g/mol. The van der Waals surface area contributed by atoms with Crippen molar-refractivity contribution in [1.29, 1.82) is 0 Å². The molecule has 4 fully saturated rings. The maximum Gasteiger partial charge on any atom is 0.319 e. The van der Waals surface area contributed by atoms with Crippen molar-refractivity contribution in [3.8, 4) is 23.0 Å². The van der Waals surface area contributed by atoms with Gasteiger partial charge in [0.1, 0.15) is 41.4 Å². The fraction of sp³-hybridized carbons (Fsp3) is 0.500. The predicted octanol–water partition coefficient (Wildman–Crippen LogP) is 5.82. The second-order valence-electron chi connectivity index (χ2n) is 13.3. The van der Waals surface area contributed by atoms with E-state index in [0.717, 1.165) is 25.8 Å². The summed E-state index contributed by atoms with van der Waals surface area (Å²) in [5.41, 5.74) is 0.281. The number of rotatable bonds is 6. The highest BCUT2D eigenvalue weighted by atomic mass is 19.1. The van der Waals surface area contributed by atoms with Crippen molar-refractivity contribution >= 4 is 27.5 Å². The zero-order chi connectivity index (χ0) is 30.9. The summed E-state index contributed by atoms with van der Waals surface area (Å²) in [4.78, 5) is 18.3. The van der Waals surface area contributed by atoms with Crippen LogP contribution in [0.3, 0.4) is 0 Å². The van der Waals surface area contributed by atoms with E-state index in [1.54, 1.807) is 12.3 Å². The fourth-order valence-electron chi connectivity index (χ4n) is 8.33. The molecule has 11 heteroatoms. The van der Waals surface area contributed by atoms with Gasteiger partial charge in [-0.2, -0.15) is 9.97 Å². The Balaban J connectivity index is 1.27. The normalized spacial score (nSPS) is 26.6. The zero-order valence-corrected chi connectivity index (χ0v) is 25.2. The number of alkyl halides is 1. The van der Waals surface area contributed by atoms with Crippen molar-refractivity contribution in [2.45, 2.75) is 50.7 Å². The summed E-state index contributed by atoms with van der Waals surface area (Å²) in [6.45, 7) is 6.00. The number of piperidine rings is 1. The van der Waals surface area contributed by atoms with Crippen molar-refractivity contribution in [1.82, 2.24) is 19.9 Å². The maximum atomic E-state index is 16.8. The Morgan fingerprint density at radius 3 is 2.73 bits per heavy atom. The first-order chi connectivity index (χ1) is 21.8. The minimum atomic E-state index is -0.905. The van der Waals surface area contributed by atoms with Gasteiger partial charge in [-0.1, -0.05) is 13.0 Å². The van der Waals surface area contributed by atoms with Crippen molar-refractivity contribution in [2.75, 3.05) is 50.9 Å². The van der Waals surface area contributed by atoms with Crippen LogP contribution in [0, 0.1) is 23.5 Å². The molecule has 4 aromatic rings. The number of hydrogen-bond donors (Lipinski definition) is 1. The molecule has 4 atom stereocenters. The number of phenolic OH excluding ortho intramolecular Hbond substituents is 1. The minimum Gasteiger partial charge on any atom is -0.508 e. The maximum absolute atomic E-state index is 16.8. The Kier molecular flexibility index (Phi) is 7.01. The number of halogens is 3. The van der Waals surface area contributed by atoms with Gasteiger partial charge in [-0.25, -0.2) is 13.2 Å². The number of benzene rings is 2. The molecule has 4 aliphatic heterocycles. The van der Waals surface area contributed by atoms with Crippen LogP contribution in [0.1, 0.15) is 38.2 Å². The molecule has 0 aliphatic carbocycles. The highest BCUT2D eigenvalue weighted by molar-refractivity contribution is 6.01. The second kappa shape index (κ2) is 11.0. The van der Waals surface area contributed by atoms with E-state index in [0.29, 0.717) is 85.1 Å². The van der Waals surface area contributed by atoms with Crippen LogP contribution in [0.2, 0.25) is 0 Å². The van der Waals surface area contributed by atoms with Crippen molar-refractivity contribution in [3.63, 3.8) is 0 Å². The third kappa shape index (κ3) is 4.86. The Morgan fingerprint density at radius 2 is 1.93 bits per heavy atom. The molecule has 0 radical (unpaired) electrons. The molecule has 0 saturated carbocycles. The van der Waals surface area contributed by atoms with Crippen LogP contribution in [0.25, 0.3) is 32.9 Å². The average molecular weight is 620 g/mol. The van der Waals surface area contributed by atoms with E-state index < -0.39 is 23.3 Å². The number of anilines is 1. The highest BCUT2D eigenvalue weighted by Crippen LogP contribution is 2.42. The first-order valence-corrected chi connectivity index (χ1v) is 16.0. The van der Waals surface area contributed by atoms with E-state index in [1.165, 1.54) is 18.2 Å². The van der Waals surface area contributed by atoms with E-state index in [-0.39, 0.29) is 35.1 Å². The van der Waals surface area contributed by atoms with Crippen molar-refractivity contribution in [2.24, 2.45) is 11.8 Å². The summed E-state index contributed by atoms with van der Waals surface area (Å²) in [6, 6.07) is 5.93. The molecule has 2 aromatic carbocycles. The number of hydrogen-bond acceptors (Lipinski definition) is 8. The predicted molar refractivity (Wildman–Crippen MR) is 164 cm³/mol. The van der Waals surface area contributed by atoms with Crippen molar-refractivity contribution < 1.29 is 27.8 Å². The van der Waals surface area contributed by atoms with E-state index in [9.17, 15) is 13.9 Å². The second-order valence-corrected chi connectivity index (χ2v) is 13.3. The molecule has 45 heavy (non-hydrogen) atoms. The average Bonchev–Trinajstić information content (AvgIpc) is 3.55. The SMILES string of the molecule is CCc1c(F)ccc2cc(O)cc(-c3ncc4c(N5CC6COCC(C6)C5)nc(OC[C@@]56CCCN5C[C@H](F)C6)nc4c3F)c12. The van der Waals surface area contributed by atoms with E-state index in [4.69, 9.17) is 14.5 Å². The largest absolute Gasteiger partial charge is 0.508 e. The van der Waals surface area contributed by atoms with Crippen LogP contribution in [0.15, 0.2) is 30.5 Å². The lowest BCUT2D eigenvalue weighted by Crippen LogP contribution is -2.47. The number of fused-ring (bicyclic) bond motifs is 5. The van der Waals surface area contributed by atoms with Gasteiger partial charge in [0.25, 0.3) is 0 Å². The molecule has 236 valence electrons. The summed E-state index contributed by atoms with van der Waals surface area (Å²) >= 11 is 0. The molecule has 8 rings (SSSR count). The molecular formula is C34H36F3N5O3. The quantitative estimate of drug-likeness (QED) is 0.289. The third-order valence-corrected chi connectivity index (χ3v) is 10.3. The molecule has 4 aliphatic rings. The number of phenols is 1. The lowest BCUT2D eigenvalue weighted by atomic mass is 9.88. The van der Waals surface area contributed by atoms with Crippen LogP contribution in [-0.4, -0.2) is 82.7 Å². The fourth-order valence-corrected chi connectivity index (χ4v) is 8.33. The van der Waals surface area contributed by atoms with Gasteiger partial charge in [0.15, 0.2) is 5.82 Å². The van der Waals surface area contributed by atoms with Crippen LogP contribution in [-0.2, 0) is 11.2 Å². The van der Waals surface area contributed by atoms with Crippen LogP contribution >= 0.6 is 0 Å². The topological polar surface area (TPSA) is 83.8 Å². The van der Waals surface area contributed by atoms with Gasteiger partial charge in [0, 0.05) is 49.7 Å². The molecule has 2 unspecified atom stereocenters. The van der Waals surface area contributed by atoms with Gasteiger partial charge in [-0.15, -0.1) is 0 Å². The number of aromatic hydroxyl groups is 1. The molecule has 1 N–H and O–H groups in total. The molecule has 6 heterocycles. The Hall–Kier alpha value is -3.70. The van der Waals surface area contributed by atoms with E-state index in [1.807, 2.05) is 6.92 Å². The van der Waals surface area contributed by atoms with Gasteiger partial charge in [0.2, 0.25) is 0 Å². The Labute approximate surface area is 259 Å². The molecule has 0 amide bonds. The Bertz CT molecular complexity index is 1800. The zero-order valence-electron chi connectivity index (χ0n) is 25.2. The molecule has 2 bridgehead atoms. The van der Waals surface area contributed by atoms with Gasteiger partial charge >= 0.3 is 6.01 Å². The summed E-state index contributed by atoms with van der Waals surface area (Å²) in [5, 5.41) is 12.1. The van der Waals surface area contributed by atoms with Crippen LogP contribution in [0.5, 0.6) is 11.8 Å². The van der Waals surface area contributed by atoms with E-state index >= 15 is 4.39 Å². The Morgan fingerprint density at radius 1 is 1.11 bits per heavy atom. The summed E-state index contributed by atoms with van der Waals surface area (Å²) < 4.78 is 58.3. The number of aromatic nitrogens is 3. The van der Waals surface area contributed by atoms with Crippen LogP contribution < -0.4 is 9.64 Å². The lowest BCUT2D eigenvalue weighted by Gasteiger charge is -2.42. The number of pyridine rings is 1. The van der Waals surface area contributed by atoms with Gasteiger partial charge in [0.05, 0.1) is 24.1 Å². The first-order valence-electron chi connectivity index (χ1n) is 16.0. The molecule has 4 saturated heterocycles. The summed E-state index contributed by atoms with van der Waals surface area (Å²) in [5.74, 6) is 0.0175. The summed E-state index contributed by atoms with van der Waals surface area (Å²) in [6.07, 6.45) is 4.30. The van der Waals surface area contributed by atoms with Gasteiger partial charge < -0.3 is 19.5 Å². The first kappa shape index (κ1) is 28.8. The number of nitrogens with zero attached hydrogens (tertiary/aromatic N) is 5. The number of aryl methyl sites for hydroxylation is 1. The van der Waals surface area contributed by atoms with Gasteiger partial charge in [-0.3, -0.25) is 9.88 Å². The molecule has 0 spiro atoms. The minimum absolute atomic E-state index is 0.0325. The lowest BCUT2D eigenvalue weighted by molar-refractivity contribution is 0.00611. The third-order valence-electron chi connectivity index (χ3n) is 10.3. The highest BCUT2D eigenvalue weighted by Gasteiger charge is 2.49. The molecule has 2 aromatic heterocycles. The summed E-state index contributed by atoms with van der Waals surface area (Å²) in [7, 11) is 0.